The summed E-state index contributed by atoms with van der Waals surface area (Å²) in [4.78, 5) is 13.3. The van der Waals surface area contributed by atoms with E-state index in [0.29, 0.717) is 19.8 Å². The lowest BCUT2D eigenvalue weighted by Crippen LogP contribution is -2.25. The number of anilines is 1. The smallest absolute Gasteiger partial charge is 0.414 e. The third-order valence-corrected chi connectivity index (χ3v) is 2.60. The average Bonchev–Trinajstić information content (AvgIpc) is 2.77. The Bertz CT molecular complexity index is 461. The van der Waals surface area contributed by atoms with E-state index in [0.717, 1.165) is 5.69 Å². The van der Waals surface area contributed by atoms with Crippen molar-refractivity contribution < 1.29 is 14.3 Å². The summed E-state index contributed by atoms with van der Waals surface area (Å²) in [6.45, 7) is 3.03. The minimum Gasteiger partial charge on any atom is -0.441 e. The molecule has 0 N–H and O–H groups in total. The van der Waals surface area contributed by atoms with Crippen LogP contribution in [0.15, 0.2) is 30.3 Å². The lowest BCUT2D eigenvalue weighted by Gasteiger charge is -2.12. The quantitative estimate of drug-likeness (QED) is 0.602. The molecule has 0 radical (unpaired) electrons. The highest BCUT2D eigenvalue weighted by molar-refractivity contribution is 5.89. The third-order valence-electron chi connectivity index (χ3n) is 2.60. The van der Waals surface area contributed by atoms with E-state index in [2.05, 4.69) is 11.8 Å². The molecule has 1 amide bonds. The molecule has 0 aromatic heterocycles. The highest BCUT2D eigenvalue weighted by Crippen LogP contribution is 2.20. The van der Waals surface area contributed by atoms with Crippen LogP contribution >= 0.6 is 0 Å². The minimum atomic E-state index is -0.323. The van der Waals surface area contributed by atoms with Gasteiger partial charge in [0.2, 0.25) is 0 Å². The van der Waals surface area contributed by atoms with E-state index in [4.69, 9.17) is 9.47 Å². The van der Waals surface area contributed by atoms with Crippen molar-refractivity contribution in [1.82, 2.24) is 0 Å². The average molecular weight is 245 g/mol. The second kappa shape index (κ2) is 6.08. The molecule has 4 nitrogen and oxygen atoms in total. The number of hydrogen-bond donors (Lipinski definition) is 0. The zero-order valence-corrected chi connectivity index (χ0v) is 10.3. The summed E-state index contributed by atoms with van der Waals surface area (Å²) in [5.41, 5.74) is 0.846. The number of para-hydroxylation sites is 1. The fourth-order valence-corrected chi connectivity index (χ4v) is 1.74. The van der Waals surface area contributed by atoms with Gasteiger partial charge in [-0.05, 0) is 19.1 Å². The topological polar surface area (TPSA) is 38.8 Å². The monoisotopic (exact) mass is 245 g/mol. The van der Waals surface area contributed by atoms with E-state index in [1.165, 1.54) is 0 Å². The Hall–Kier alpha value is -1.99. The van der Waals surface area contributed by atoms with Crippen molar-refractivity contribution in [2.75, 3.05) is 24.7 Å². The number of rotatable bonds is 4. The summed E-state index contributed by atoms with van der Waals surface area (Å²) < 4.78 is 10.5. The summed E-state index contributed by atoms with van der Waals surface area (Å²) in [6.07, 6.45) is -0.548. The Labute approximate surface area is 106 Å². The first-order chi connectivity index (χ1) is 8.81. The Balaban J connectivity index is 1.88. The predicted octanol–water partition coefficient (Wildman–Crippen LogP) is 2.05. The first-order valence-electron chi connectivity index (χ1n) is 5.82. The number of hydrogen-bond acceptors (Lipinski definition) is 3. The number of carbonyl (C=O) groups is 1. The number of benzene rings is 1. The second-order valence-corrected chi connectivity index (χ2v) is 3.89. The molecular weight excluding hydrogens is 230 g/mol. The molecule has 2 rings (SSSR count). The maximum absolute atomic E-state index is 11.7. The first kappa shape index (κ1) is 12.5. The van der Waals surface area contributed by atoms with E-state index < -0.39 is 0 Å². The van der Waals surface area contributed by atoms with Gasteiger partial charge in [-0.3, -0.25) is 4.90 Å². The van der Waals surface area contributed by atoms with Gasteiger partial charge >= 0.3 is 6.09 Å². The van der Waals surface area contributed by atoms with Crippen molar-refractivity contribution in [1.29, 1.82) is 0 Å². The molecule has 1 aliphatic rings. The van der Waals surface area contributed by atoms with Crippen LogP contribution in [0.4, 0.5) is 10.5 Å². The van der Waals surface area contributed by atoms with Crippen LogP contribution in [0.1, 0.15) is 6.92 Å². The Morgan fingerprint density at radius 3 is 2.94 bits per heavy atom. The fourth-order valence-electron chi connectivity index (χ4n) is 1.74. The van der Waals surface area contributed by atoms with E-state index in [-0.39, 0.29) is 12.2 Å². The summed E-state index contributed by atoms with van der Waals surface area (Å²) in [7, 11) is 0. The highest BCUT2D eigenvalue weighted by atomic mass is 16.6. The van der Waals surface area contributed by atoms with E-state index in [9.17, 15) is 4.79 Å². The van der Waals surface area contributed by atoms with Gasteiger partial charge in [-0.15, -0.1) is 5.92 Å². The van der Waals surface area contributed by atoms with Gasteiger partial charge in [0.05, 0.1) is 13.2 Å². The van der Waals surface area contributed by atoms with Gasteiger partial charge in [0.1, 0.15) is 12.7 Å². The lowest BCUT2D eigenvalue weighted by atomic mass is 10.3. The molecule has 1 saturated heterocycles. The molecule has 94 valence electrons. The lowest BCUT2D eigenvalue weighted by molar-refractivity contribution is 0.0598. The Kier molecular flexibility index (Phi) is 4.21. The van der Waals surface area contributed by atoms with Gasteiger partial charge in [-0.25, -0.2) is 4.79 Å². The summed E-state index contributed by atoms with van der Waals surface area (Å²) in [5, 5.41) is 0. The summed E-state index contributed by atoms with van der Waals surface area (Å²) in [5.74, 6) is 5.54. The van der Waals surface area contributed by atoms with E-state index in [1.807, 2.05) is 30.3 Å². The third kappa shape index (κ3) is 3.02. The molecule has 0 spiro atoms. The van der Waals surface area contributed by atoms with E-state index >= 15 is 0 Å². The second-order valence-electron chi connectivity index (χ2n) is 3.89. The van der Waals surface area contributed by atoms with Crippen LogP contribution in [0, 0.1) is 11.8 Å². The number of cyclic esters (lactones) is 1. The van der Waals surface area contributed by atoms with Crippen LogP contribution in [0.5, 0.6) is 0 Å². The molecule has 0 aliphatic carbocycles. The Morgan fingerprint density at radius 2 is 2.22 bits per heavy atom. The van der Waals surface area contributed by atoms with Crippen molar-refractivity contribution in [2.45, 2.75) is 13.0 Å². The largest absolute Gasteiger partial charge is 0.441 e. The van der Waals surface area contributed by atoms with Crippen LogP contribution in [-0.4, -0.2) is 32.0 Å². The molecule has 1 aromatic carbocycles. The van der Waals surface area contributed by atoms with Gasteiger partial charge < -0.3 is 9.47 Å². The van der Waals surface area contributed by atoms with Crippen LogP contribution in [-0.2, 0) is 9.47 Å². The van der Waals surface area contributed by atoms with E-state index in [1.54, 1.807) is 11.8 Å². The standard InChI is InChI=1S/C14H15NO3/c1-2-3-9-17-11-13-10-15(14(16)18-13)12-7-5-4-6-8-12/h4-8,13H,9-11H2,1H3. The molecule has 1 heterocycles. The van der Waals surface area contributed by atoms with Gasteiger partial charge in [-0.2, -0.15) is 0 Å². The maximum Gasteiger partial charge on any atom is 0.414 e. The molecule has 0 bridgehead atoms. The number of carbonyl (C=O) groups excluding carboxylic acids is 1. The molecule has 1 aliphatic heterocycles. The minimum absolute atomic E-state index is 0.226. The van der Waals surface area contributed by atoms with Crippen LogP contribution in [0.3, 0.4) is 0 Å². The molecule has 1 aromatic rings. The Morgan fingerprint density at radius 1 is 1.44 bits per heavy atom. The first-order valence-corrected chi connectivity index (χ1v) is 5.82. The normalized spacial score (nSPS) is 18.2. The fraction of sp³-hybridized carbons (Fsp3) is 0.357. The van der Waals surface area contributed by atoms with Gasteiger partial charge in [0.15, 0.2) is 0 Å². The van der Waals surface area contributed by atoms with Gasteiger partial charge in [0, 0.05) is 5.69 Å². The molecule has 18 heavy (non-hydrogen) atoms. The molecule has 1 unspecified atom stereocenters. The highest BCUT2D eigenvalue weighted by Gasteiger charge is 2.32. The van der Waals surface area contributed by atoms with Crippen molar-refractivity contribution in [3.63, 3.8) is 0 Å². The van der Waals surface area contributed by atoms with Crippen molar-refractivity contribution in [3.05, 3.63) is 30.3 Å². The van der Waals surface area contributed by atoms with Crippen LogP contribution in [0.2, 0.25) is 0 Å². The van der Waals surface area contributed by atoms with Gasteiger partial charge in [-0.1, -0.05) is 24.1 Å². The summed E-state index contributed by atoms with van der Waals surface area (Å²) >= 11 is 0. The number of amides is 1. The molecular formula is C14H15NO3. The van der Waals surface area contributed by atoms with Crippen molar-refractivity contribution >= 4 is 11.8 Å². The summed E-state index contributed by atoms with van der Waals surface area (Å²) in [6, 6.07) is 9.46. The molecule has 1 atom stereocenters. The number of ether oxygens (including phenoxy) is 2. The van der Waals surface area contributed by atoms with Crippen molar-refractivity contribution in [2.24, 2.45) is 0 Å². The molecule has 4 heteroatoms. The SMILES string of the molecule is CC#CCOCC1CN(c2ccccc2)C(=O)O1. The molecule has 0 saturated carbocycles. The van der Waals surface area contributed by atoms with Crippen LogP contribution in [0.25, 0.3) is 0 Å². The zero-order chi connectivity index (χ0) is 12.8. The zero-order valence-electron chi connectivity index (χ0n) is 10.3. The number of nitrogens with zero attached hydrogens (tertiary/aromatic N) is 1. The van der Waals surface area contributed by atoms with Gasteiger partial charge in [0.25, 0.3) is 0 Å². The maximum atomic E-state index is 11.7. The predicted molar refractivity (Wildman–Crippen MR) is 68.3 cm³/mol. The van der Waals surface area contributed by atoms with Crippen LogP contribution < -0.4 is 4.90 Å². The molecule has 1 fully saturated rings. The van der Waals surface area contributed by atoms with Crippen molar-refractivity contribution in [3.8, 4) is 11.8 Å².